The summed E-state index contributed by atoms with van der Waals surface area (Å²) < 4.78 is 28.6. The van der Waals surface area contributed by atoms with E-state index in [1.54, 1.807) is 0 Å². The van der Waals surface area contributed by atoms with Crippen molar-refractivity contribution in [3.05, 3.63) is 0 Å². The van der Waals surface area contributed by atoms with Crippen molar-refractivity contribution in [2.45, 2.75) is 61.5 Å². The molecule has 0 aromatic rings. The number of phosphoric acid groups is 1. The van der Waals surface area contributed by atoms with Gasteiger partial charge in [0.05, 0.1) is 19.3 Å². The molecule has 18 heavy (non-hydrogen) atoms. The smallest absolute Gasteiger partial charge is 0.286 e. The number of hydrogen-bond acceptors (Lipinski definition) is 4. The van der Waals surface area contributed by atoms with Gasteiger partial charge in [0, 0.05) is 0 Å². The minimum Gasteiger partial charge on any atom is -0.286 e. The van der Waals surface area contributed by atoms with Crippen LogP contribution in [0.3, 0.4) is 0 Å². The Morgan fingerprint density at radius 1 is 0.889 bits per heavy atom. The van der Waals surface area contributed by atoms with E-state index in [0.29, 0.717) is 13.2 Å². The van der Waals surface area contributed by atoms with Crippen LogP contribution in [0.15, 0.2) is 0 Å². The van der Waals surface area contributed by atoms with Crippen LogP contribution < -0.4 is 0 Å². The first-order chi connectivity index (χ1) is 7.83. The lowest BCUT2D eigenvalue weighted by molar-refractivity contribution is 0.0520. The van der Waals surface area contributed by atoms with E-state index in [2.05, 4.69) is 0 Å². The Morgan fingerprint density at radius 3 is 1.44 bits per heavy atom. The third-order valence-corrected chi connectivity index (χ3v) is 3.22. The van der Waals surface area contributed by atoms with Gasteiger partial charge >= 0.3 is 7.82 Å². The molecule has 4 nitrogen and oxygen atoms in total. The van der Waals surface area contributed by atoms with Gasteiger partial charge in [-0.2, -0.15) is 0 Å². The fourth-order valence-corrected chi connectivity index (χ4v) is 2.71. The third-order valence-electron chi connectivity index (χ3n) is 1.65. The third kappa shape index (κ3) is 10.1. The fourth-order valence-electron chi connectivity index (χ4n) is 0.902. The van der Waals surface area contributed by atoms with Crippen LogP contribution in [0.4, 0.5) is 0 Å². The Labute approximate surface area is 112 Å². The molecule has 110 valence electrons. The van der Waals surface area contributed by atoms with Gasteiger partial charge in [0.15, 0.2) is 0 Å². The number of rotatable bonds is 6. The van der Waals surface area contributed by atoms with Gasteiger partial charge in [-0.3, -0.25) is 13.6 Å². The molecule has 0 aliphatic carbocycles. The molecule has 0 unspecified atom stereocenters. The van der Waals surface area contributed by atoms with Crippen LogP contribution in [0.25, 0.3) is 0 Å². The Balaban J connectivity index is 4.58. The second-order valence-corrected chi connectivity index (χ2v) is 8.89. The van der Waals surface area contributed by atoms with Gasteiger partial charge in [-0.15, -0.1) is 0 Å². The predicted molar refractivity (Wildman–Crippen MR) is 74.6 cm³/mol. The largest absolute Gasteiger partial charge is 0.475 e. The summed E-state index contributed by atoms with van der Waals surface area (Å²) in [4.78, 5) is 0. The molecule has 0 fully saturated rings. The van der Waals surface area contributed by atoms with Gasteiger partial charge in [0.2, 0.25) is 0 Å². The molecule has 0 aliphatic rings. The van der Waals surface area contributed by atoms with Crippen LogP contribution in [0.1, 0.15) is 55.4 Å². The molecule has 0 rings (SSSR count). The van der Waals surface area contributed by atoms with Crippen LogP contribution in [-0.2, 0) is 18.1 Å². The van der Waals surface area contributed by atoms with Gasteiger partial charge in [-0.25, -0.2) is 4.57 Å². The van der Waals surface area contributed by atoms with E-state index < -0.39 is 7.82 Å². The zero-order valence-corrected chi connectivity index (χ0v) is 14.0. The highest BCUT2D eigenvalue weighted by molar-refractivity contribution is 7.48. The highest BCUT2D eigenvalue weighted by atomic mass is 31.2. The van der Waals surface area contributed by atoms with Gasteiger partial charge in [-0.1, -0.05) is 41.5 Å². The Morgan fingerprint density at radius 2 is 1.22 bits per heavy atom. The van der Waals surface area contributed by atoms with E-state index in [-0.39, 0.29) is 16.9 Å². The summed E-state index contributed by atoms with van der Waals surface area (Å²) in [5.74, 6) is 0. The topological polar surface area (TPSA) is 44.8 Å². The fraction of sp³-hybridized carbons (Fsp3) is 1.00. The van der Waals surface area contributed by atoms with Crippen molar-refractivity contribution in [3.63, 3.8) is 0 Å². The second kappa shape index (κ2) is 6.51. The zero-order chi connectivity index (χ0) is 14.6. The van der Waals surface area contributed by atoms with Gasteiger partial charge < -0.3 is 0 Å². The molecule has 0 spiro atoms. The molecule has 0 N–H and O–H groups in total. The molecule has 0 amide bonds. The van der Waals surface area contributed by atoms with Crippen molar-refractivity contribution < 1.29 is 18.1 Å². The molecule has 5 heteroatoms. The molecular weight excluding hydrogens is 251 g/mol. The highest BCUT2D eigenvalue weighted by Gasteiger charge is 2.32. The normalized spacial score (nSPS) is 14.3. The summed E-state index contributed by atoms with van der Waals surface area (Å²) in [6.07, 6.45) is -0.198. The summed E-state index contributed by atoms with van der Waals surface area (Å²) >= 11 is 0. The van der Waals surface area contributed by atoms with Gasteiger partial charge in [0.1, 0.15) is 0 Å². The van der Waals surface area contributed by atoms with Crippen molar-refractivity contribution in [1.82, 2.24) is 0 Å². The molecule has 0 atom stereocenters. The molecule has 0 aromatic heterocycles. The maximum Gasteiger partial charge on any atom is 0.475 e. The van der Waals surface area contributed by atoms with Crippen LogP contribution in [0.2, 0.25) is 0 Å². The van der Waals surface area contributed by atoms with E-state index in [1.165, 1.54) is 0 Å². The molecule has 0 saturated carbocycles. The van der Waals surface area contributed by atoms with Gasteiger partial charge in [0.25, 0.3) is 0 Å². The molecule has 0 saturated heterocycles. The summed E-state index contributed by atoms with van der Waals surface area (Å²) in [5.41, 5.74) is -0.164. The molecule has 0 aliphatic heterocycles. The first-order valence-electron chi connectivity index (χ1n) is 6.41. The number of phosphoric ester groups is 1. The van der Waals surface area contributed by atoms with Crippen LogP contribution in [0, 0.1) is 10.8 Å². The predicted octanol–water partition coefficient (Wildman–Crippen LogP) is 4.64. The van der Waals surface area contributed by atoms with E-state index in [9.17, 15) is 4.57 Å². The Hall–Kier alpha value is 0.110. The molecular formula is C13H29O4P. The van der Waals surface area contributed by atoms with E-state index >= 15 is 0 Å². The average Bonchev–Trinajstić information content (AvgIpc) is 2.09. The van der Waals surface area contributed by atoms with Crippen molar-refractivity contribution >= 4 is 7.82 Å². The Kier molecular flexibility index (Phi) is 6.55. The first-order valence-corrected chi connectivity index (χ1v) is 7.87. The molecule has 0 heterocycles. The monoisotopic (exact) mass is 280 g/mol. The maximum atomic E-state index is 12.5. The maximum absolute atomic E-state index is 12.5. The lowest BCUT2D eigenvalue weighted by Crippen LogP contribution is -2.19. The molecule has 0 radical (unpaired) electrons. The van der Waals surface area contributed by atoms with Crippen molar-refractivity contribution in [2.24, 2.45) is 10.8 Å². The average molecular weight is 280 g/mol. The van der Waals surface area contributed by atoms with Crippen molar-refractivity contribution in [2.75, 3.05) is 13.2 Å². The summed E-state index contributed by atoms with van der Waals surface area (Å²) in [6.45, 7) is 16.4. The molecule has 0 bridgehead atoms. The minimum absolute atomic E-state index is 0.0822. The van der Waals surface area contributed by atoms with E-state index in [0.717, 1.165) is 0 Å². The zero-order valence-electron chi connectivity index (χ0n) is 13.1. The lowest BCUT2D eigenvalue weighted by Gasteiger charge is -2.27. The number of hydrogen-bond donors (Lipinski definition) is 0. The van der Waals surface area contributed by atoms with Crippen molar-refractivity contribution in [1.29, 1.82) is 0 Å². The minimum atomic E-state index is -3.47. The quantitative estimate of drug-likeness (QED) is 0.664. The Bertz CT molecular complexity index is 264. The van der Waals surface area contributed by atoms with Crippen LogP contribution in [0.5, 0.6) is 0 Å². The summed E-state index contributed by atoms with van der Waals surface area (Å²) in [5, 5.41) is 0. The van der Waals surface area contributed by atoms with Gasteiger partial charge in [-0.05, 0) is 24.7 Å². The van der Waals surface area contributed by atoms with E-state index in [1.807, 2.05) is 55.4 Å². The van der Waals surface area contributed by atoms with Crippen LogP contribution in [-0.4, -0.2) is 19.3 Å². The SMILES string of the molecule is CC(C)OP(=O)(OCC(C)(C)C)OCC(C)(C)C. The van der Waals surface area contributed by atoms with Crippen molar-refractivity contribution in [3.8, 4) is 0 Å². The summed E-state index contributed by atoms with van der Waals surface area (Å²) in [6, 6.07) is 0. The standard InChI is InChI=1S/C13H29O4P/c1-11(2)17-18(14,15-9-12(3,4)5)16-10-13(6,7)8/h11H,9-10H2,1-8H3. The first kappa shape index (κ1) is 18.1. The summed E-state index contributed by atoms with van der Waals surface area (Å²) in [7, 11) is -3.47. The van der Waals surface area contributed by atoms with Crippen LogP contribution >= 0.6 is 7.82 Å². The molecule has 0 aromatic carbocycles. The highest BCUT2D eigenvalue weighted by Crippen LogP contribution is 2.52. The second-order valence-electron chi connectivity index (χ2n) is 7.27. The van der Waals surface area contributed by atoms with E-state index in [4.69, 9.17) is 13.6 Å². The lowest BCUT2D eigenvalue weighted by atomic mass is 9.99.